The van der Waals surface area contributed by atoms with Crippen LogP contribution in [0.4, 0.5) is 11.6 Å². The van der Waals surface area contributed by atoms with Crippen LogP contribution in [0.1, 0.15) is 45.6 Å². The molecule has 0 bridgehead atoms. The topological polar surface area (TPSA) is 63.8 Å². The third-order valence-electron chi connectivity index (χ3n) is 3.64. The molecule has 0 aromatic carbocycles. The van der Waals surface area contributed by atoms with Gasteiger partial charge < -0.3 is 11.1 Å². The van der Waals surface area contributed by atoms with Crippen molar-refractivity contribution in [3.05, 3.63) is 11.9 Å². The Morgan fingerprint density at radius 2 is 2.24 bits per heavy atom. The number of nitrogens with two attached hydrogens (primary N) is 1. The molecule has 17 heavy (non-hydrogen) atoms. The van der Waals surface area contributed by atoms with Crippen molar-refractivity contribution in [1.82, 2.24) is 9.97 Å². The summed E-state index contributed by atoms with van der Waals surface area (Å²) in [5, 5.41) is 3.53. The maximum Gasteiger partial charge on any atom is 0.134 e. The van der Waals surface area contributed by atoms with E-state index in [2.05, 4.69) is 36.1 Å². The van der Waals surface area contributed by atoms with Crippen molar-refractivity contribution in [2.45, 2.75) is 52.5 Å². The smallest absolute Gasteiger partial charge is 0.134 e. The van der Waals surface area contributed by atoms with Gasteiger partial charge in [-0.3, -0.25) is 0 Å². The highest BCUT2D eigenvalue weighted by Gasteiger charge is 2.31. The first-order valence-corrected chi connectivity index (χ1v) is 6.38. The Morgan fingerprint density at radius 1 is 1.47 bits per heavy atom. The largest absolute Gasteiger partial charge is 0.383 e. The van der Waals surface area contributed by atoms with Crippen LogP contribution in [0.15, 0.2) is 6.33 Å². The van der Waals surface area contributed by atoms with Crippen molar-refractivity contribution in [3.8, 4) is 0 Å². The van der Waals surface area contributed by atoms with Crippen molar-refractivity contribution in [2.24, 2.45) is 5.41 Å². The minimum absolute atomic E-state index is 0.447. The molecule has 0 radical (unpaired) electrons. The summed E-state index contributed by atoms with van der Waals surface area (Å²) in [6.07, 6.45) is 6.08. The van der Waals surface area contributed by atoms with Crippen LogP contribution in [0.2, 0.25) is 0 Å². The monoisotopic (exact) mass is 234 g/mol. The summed E-state index contributed by atoms with van der Waals surface area (Å²) in [6.45, 7) is 6.73. The summed E-state index contributed by atoms with van der Waals surface area (Å²) in [7, 11) is 0. The van der Waals surface area contributed by atoms with Crippen molar-refractivity contribution in [2.75, 3.05) is 11.1 Å². The lowest BCUT2D eigenvalue weighted by atomic mass is 9.92. The summed E-state index contributed by atoms with van der Waals surface area (Å²) < 4.78 is 0. The van der Waals surface area contributed by atoms with Crippen LogP contribution in [0.25, 0.3) is 0 Å². The van der Waals surface area contributed by atoms with Crippen LogP contribution in [0.5, 0.6) is 0 Å². The highest BCUT2D eigenvalue weighted by Crippen LogP contribution is 2.38. The molecule has 1 aliphatic carbocycles. The van der Waals surface area contributed by atoms with Crippen molar-refractivity contribution >= 4 is 11.6 Å². The Hall–Kier alpha value is -1.32. The molecule has 1 aromatic rings. The molecule has 4 nitrogen and oxygen atoms in total. The normalized spacial score (nSPS) is 22.6. The van der Waals surface area contributed by atoms with E-state index in [1.165, 1.54) is 25.6 Å². The van der Waals surface area contributed by atoms with Crippen LogP contribution >= 0.6 is 0 Å². The van der Waals surface area contributed by atoms with Gasteiger partial charge in [0.1, 0.15) is 18.0 Å². The van der Waals surface area contributed by atoms with Gasteiger partial charge in [-0.15, -0.1) is 0 Å². The molecule has 0 amide bonds. The second kappa shape index (κ2) is 4.51. The Morgan fingerprint density at radius 3 is 2.82 bits per heavy atom. The van der Waals surface area contributed by atoms with Crippen molar-refractivity contribution in [3.63, 3.8) is 0 Å². The summed E-state index contributed by atoms with van der Waals surface area (Å²) in [6, 6.07) is 0.518. The molecule has 1 unspecified atom stereocenters. The Balaban J connectivity index is 2.12. The number of nitrogens with zero attached hydrogens (tertiary/aromatic N) is 2. The number of hydrogen-bond donors (Lipinski definition) is 2. The fraction of sp³-hybridized carbons (Fsp3) is 0.692. The predicted molar refractivity (Wildman–Crippen MR) is 70.9 cm³/mol. The third-order valence-corrected chi connectivity index (χ3v) is 3.64. The second-order valence-electron chi connectivity index (χ2n) is 5.69. The minimum Gasteiger partial charge on any atom is -0.383 e. The number of hydrogen-bond acceptors (Lipinski definition) is 4. The molecule has 0 aliphatic heterocycles. The molecule has 94 valence electrons. The first kappa shape index (κ1) is 12.1. The number of nitrogen functional groups attached to an aromatic ring is 1. The maximum atomic E-state index is 5.87. The summed E-state index contributed by atoms with van der Waals surface area (Å²) >= 11 is 0. The van der Waals surface area contributed by atoms with Gasteiger partial charge in [-0.2, -0.15) is 0 Å². The molecule has 1 saturated carbocycles. The minimum atomic E-state index is 0.447. The molecule has 2 rings (SSSR count). The standard InChI is InChI=1S/C13H22N4/c1-4-10-11(14)15-8-16-12(10)17-9-5-6-13(2,3)7-9/h8-9H,4-7H2,1-3H3,(H3,14,15,16,17). The van der Waals surface area contributed by atoms with E-state index in [1.807, 2.05) is 0 Å². The quantitative estimate of drug-likeness (QED) is 0.843. The SMILES string of the molecule is CCc1c(N)ncnc1NC1CCC(C)(C)C1. The fourth-order valence-electron chi connectivity index (χ4n) is 2.65. The van der Waals surface area contributed by atoms with Gasteiger partial charge in [-0.25, -0.2) is 9.97 Å². The first-order valence-electron chi connectivity index (χ1n) is 6.38. The number of nitrogens with one attached hydrogen (secondary N) is 1. The second-order valence-corrected chi connectivity index (χ2v) is 5.69. The summed E-state index contributed by atoms with van der Waals surface area (Å²) in [5.74, 6) is 1.52. The van der Waals surface area contributed by atoms with Gasteiger partial charge in [-0.1, -0.05) is 20.8 Å². The number of rotatable bonds is 3. The van der Waals surface area contributed by atoms with Gasteiger partial charge in [0.15, 0.2) is 0 Å². The van der Waals surface area contributed by atoms with E-state index in [4.69, 9.17) is 5.73 Å². The summed E-state index contributed by atoms with van der Waals surface area (Å²) in [4.78, 5) is 8.36. The molecule has 1 aromatic heterocycles. The zero-order valence-corrected chi connectivity index (χ0v) is 11.0. The van der Waals surface area contributed by atoms with Crippen LogP contribution in [0.3, 0.4) is 0 Å². The van der Waals surface area contributed by atoms with Gasteiger partial charge in [0.05, 0.1) is 0 Å². The Bertz CT molecular complexity index is 400. The van der Waals surface area contributed by atoms with Gasteiger partial charge >= 0.3 is 0 Å². The highest BCUT2D eigenvalue weighted by atomic mass is 15.1. The van der Waals surface area contributed by atoms with E-state index < -0.39 is 0 Å². The Labute approximate surface area is 103 Å². The number of aromatic nitrogens is 2. The van der Waals surface area contributed by atoms with E-state index >= 15 is 0 Å². The molecule has 1 aliphatic rings. The van der Waals surface area contributed by atoms with E-state index in [9.17, 15) is 0 Å². The molecule has 1 atom stereocenters. The maximum absolute atomic E-state index is 5.87. The van der Waals surface area contributed by atoms with Gasteiger partial charge in [0, 0.05) is 11.6 Å². The molecular weight excluding hydrogens is 212 g/mol. The van der Waals surface area contributed by atoms with Crippen LogP contribution in [-0.2, 0) is 6.42 Å². The van der Waals surface area contributed by atoms with E-state index in [0.29, 0.717) is 17.3 Å². The fourth-order valence-corrected chi connectivity index (χ4v) is 2.65. The lowest BCUT2D eigenvalue weighted by molar-refractivity contribution is 0.378. The van der Waals surface area contributed by atoms with Gasteiger partial charge in [0.2, 0.25) is 0 Å². The molecule has 0 spiro atoms. The zero-order chi connectivity index (χ0) is 12.5. The zero-order valence-electron chi connectivity index (χ0n) is 11.0. The lowest BCUT2D eigenvalue weighted by Gasteiger charge is -2.19. The molecule has 1 heterocycles. The highest BCUT2D eigenvalue weighted by molar-refractivity contribution is 5.55. The van der Waals surface area contributed by atoms with E-state index in [0.717, 1.165) is 17.8 Å². The van der Waals surface area contributed by atoms with Crippen molar-refractivity contribution < 1.29 is 0 Å². The molecule has 0 saturated heterocycles. The number of anilines is 2. The molecule has 4 heteroatoms. The molecular formula is C13H22N4. The average molecular weight is 234 g/mol. The first-order chi connectivity index (χ1) is 8.02. The van der Waals surface area contributed by atoms with E-state index in [1.54, 1.807) is 0 Å². The average Bonchev–Trinajstić information content (AvgIpc) is 2.58. The van der Waals surface area contributed by atoms with Crippen LogP contribution < -0.4 is 11.1 Å². The van der Waals surface area contributed by atoms with E-state index in [-0.39, 0.29) is 0 Å². The molecule has 3 N–H and O–H groups in total. The predicted octanol–water partition coefficient (Wildman–Crippen LogP) is 2.61. The van der Waals surface area contributed by atoms with Crippen LogP contribution in [0, 0.1) is 5.41 Å². The van der Waals surface area contributed by atoms with Crippen molar-refractivity contribution in [1.29, 1.82) is 0 Å². The van der Waals surface area contributed by atoms with Crippen LogP contribution in [-0.4, -0.2) is 16.0 Å². The Kier molecular flexibility index (Phi) is 3.22. The lowest BCUT2D eigenvalue weighted by Crippen LogP contribution is -2.20. The van der Waals surface area contributed by atoms with Gasteiger partial charge in [0.25, 0.3) is 0 Å². The summed E-state index contributed by atoms with van der Waals surface area (Å²) in [5.41, 5.74) is 7.35. The van der Waals surface area contributed by atoms with Gasteiger partial charge in [-0.05, 0) is 31.1 Å². The third kappa shape index (κ3) is 2.68. The molecule has 1 fully saturated rings.